The first-order valence-electron chi connectivity index (χ1n) is 9.67. The molecule has 1 saturated heterocycles. The van der Waals surface area contributed by atoms with Crippen LogP contribution in [0.25, 0.3) is 33.7 Å². The monoisotopic (exact) mass is 390 g/mol. The molecule has 4 aromatic rings. The number of nitrogen functional groups attached to an aromatic ring is 1. The molecule has 3 N–H and O–H groups in total. The number of piperidine rings is 1. The van der Waals surface area contributed by atoms with Crippen LogP contribution in [0.2, 0.25) is 0 Å². The Morgan fingerprint density at radius 2 is 2.03 bits per heavy atom. The maximum Gasteiger partial charge on any atom is 0.231 e. The molecule has 0 amide bonds. The van der Waals surface area contributed by atoms with Crippen LogP contribution in [0, 0.1) is 0 Å². The molecule has 1 aliphatic heterocycles. The number of rotatable bonds is 4. The fourth-order valence-electron chi connectivity index (χ4n) is 3.71. The van der Waals surface area contributed by atoms with Crippen molar-refractivity contribution in [2.75, 3.05) is 25.9 Å². The van der Waals surface area contributed by atoms with Crippen molar-refractivity contribution in [3.05, 3.63) is 42.9 Å². The summed E-state index contributed by atoms with van der Waals surface area (Å²) in [6.07, 6.45) is 7.87. The molecule has 0 radical (unpaired) electrons. The lowest BCUT2D eigenvalue weighted by Crippen LogP contribution is -2.29. The summed E-state index contributed by atoms with van der Waals surface area (Å²) < 4.78 is 13.2. The van der Waals surface area contributed by atoms with Crippen LogP contribution < -0.4 is 15.8 Å². The number of anilines is 1. The Morgan fingerprint density at radius 1 is 1.17 bits per heavy atom. The summed E-state index contributed by atoms with van der Waals surface area (Å²) in [6, 6.07) is 7.89. The van der Waals surface area contributed by atoms with Gasteiger partial charge in [0, 0.05) is 29.6 Å². The molecule has 5 rings (SSSR count). The van der Waals surface area contributed by atoms with E-state index in [1.807, 2.05) is 30.5 Å². The zero-order chi connectivity index (χ0) is 19.8. The number of nitrogens with zero attached hydrogens (tertiary/aromatic N) is 4. The summed E-state index contributed by atoms with van der Waals surface area (Å²) in [5.41, 5.74) is 10.1. The third-order valence-corrected chi connectivity index (χ3v) is 5.36. The number of hydrogen-bond donors (Lipinski definition) is 2. The molecule has 0 saturated carbocycles. The largest absolute Gasteiger partial charge is 0.497 e. The number of nitrogens with two attached hydrogens (primary N) is 1. The van der Waals surface area contributed by atoms with Gasteiger partial charge in [0.1, 0.15) is 17.1 Å². The van der Waals surface area contributed by atoms with Crippen molar-refractivity contribution in [3.8, 4) is 28.3 Å². The fourth-order valence-corrected chi connectivity index (χ4v) is 3.71. The van der Waals surface area contributed by atoms with Gasteiger partial charge in [-0.25, -0.2) is 9.97 Å². The quantitative estimate of drug-likeness (QED) is 0.551. The molecule has 8 nitrogen and oxygen atoms in total. The minimum Gasteiger partial charge on any atom is -0.497 e. The van der Waals surface area contributed by atoms with Gasteiger partial charge in [0.2, 0.25) is 5.89 Å². The molecular formula is C21H22N6O2. The number of nitrogens with one attached hydrogen (secondary N) is 1. The highest BCUT2D eigenvalue weighted by molar-refractivity contribution is 5.81. The maximum atomic E-state index is 6.14. The lowest BCUT2D eigenvalue weighted by atomic mass is 10.1. The van der Waals surface area contributed by atoms with E-state index in [4.69, 9.17) is 14.9 Å². The third kappa shape index (κ3) is 3.31. The van der Waals surface area contributed by atoms with Crippen molar-refractivity contribution in [1.82, 2.24) is 25.1 Å². The molecule has 0 spiro atoms. The van der Waals surface area contributed by atoms with Crippen LogP contribution in [0.5, 0.6) is 5.75 Å². The summed E-state index contributed by atoms with van der Waals surface area (Å²) in [6.45, 7) is 2.05. The van der Waals surface area contributed by atoms with Crippen LogP contribution in [-0.4, -0.2) is 39.9 Å². The number of benzene rings is 1. The number of oxazole rings is 1. The zero-order valence-corrected chi connectivity index (χ0v) is 16.1. The first-order valence-corrected chi connectivity index (χ1v) is 9.67. The predicted octanol–water partition coefficient (Wildman–Crippen LogP) is 3.27. The Kier molecular flexibility index (Phi) is 4.40. The number of fused-ring (bicyclic) bond motifs is 1. The summed E-state index contributed by atoms with van der Waals surface area (Å²) >= 11 is 0. The Balaban J connectivity index is 1.50. The van der Waals surface area contributed by atoms with Gasteiger partial charge in [-0.2, -0.15) is 5.10 Å². The van der Waals surface area contributed by atoms with Crippen molar-refractivity contribution in [1.29, 1.82) is 0 Å². The van der Waals surface area contributed by atoms with Crippen molar-refractivity contribution in [2.45, 2.75) is 18.9 Å². The molecule has 3 aromatic heterocycles. The minimum atomic E-state index is 0.373. The average molecular weight is 390 g/mol. The number of hydrogen-bond acceptors (Lipinski definition) is 7. The Morgan fingerprint density at radius 3 is 2.86 bits per heavy atom. The van der Waals surface area contributed by atoms with E-state index in [0.29, 0.717) is 34.4 Å². The van der Waals surface area contributed by atoms with Gasteiger partial charge in [-0.1, -0.05) is 0 Å². The highest BCUT2D eigenvalue weighted by Crippen LogP contribution is 2.32. The smallest absolute Gasteiger partial charge is 0.231 e. The van der Waals surface area contributed by atoms with Gasteiger partial charge in [0.05, 0.1) is 24.9 Å². The van der Waals surface area contributed by atoms with Crippen LogP contribution in [0.1, 0.15) is 18.9 Å². The molecule has 4 heterocycles. The first-order chi connectivity index (χ1) is 14.2. The van der Waals surface area contributed by atoms with Crippen LogP contribution >= 0.6 is 0 Å². The molecule has 1 fully saturated rings. The molecule has 1 aliphatic rings. The van der Waals surface area contributed by atoms with Crippen molar-refractivity contribution < 1.29 is 9.15 Å². The molecule has 0 atom stereocenters. The van der Waals surface area contributed by atoms with Gasteiger partial charge >= 0.3 is 0 Å². The molecular weight excluding hydrogens is 368 g/mol. The van der Waals surface area contributed by atoms with Gasteiger partial charge in [-0.3, -0.25) is 4.68 Å². The number of aromatic nitrogens is 4. The summed E-state index contributed by atoms with van der Waals surface area (Å²) in [4.78, 5) is 8.93. The minimum absolute atomic E-state index is 0.373. The summed E-state index contributed by atoms with van der Waals surface area (Å²) in [5, 5.41) is 7.95. The standard InChI is InChI=1S/C21H22N6O2/c1-28-16-2-3-19-18(9-16)26-21(29-19)17-8-13(10-24-20(17)22)14-11-25-27(12-14)15-4-6-23-7-5-15/h2-3,8-12,15,23H,4-7H2,1H3,(H2,22,24). The third-order valence-electron chi connectivity index (χ3n) is 5.36. The highest BCUT2D eigenvalue weighted by Gasteiger charge is 2.18. The molecule has 148 valence electrons. The topological polar surface area (TPSA) is 104 Å². The number of pyridine rings is 1. The van der Waals surface area contributed by atoms with Crippen LogP contribution in [0.4, 0.5) is 5.82 Å². The van der Waals surface area contributed by atoms with Gasteiger partial charge < -0.3 is 20.2 Å². The van der Waals surface area contributed by atoms with E-state index in [9.17, 15) is 0 Å². The molecule has 0 aliphatic carbocycles. The van der Waals surface area contributed by atoms with Crippen molar-refractivity contribution >= 4 is 16.9 Å². The molecule has 0 unspecified atom stereocenters. The normalized spacial score (nSPS) is 15.1. The first kappa shape index (κ1) is 17.7. The molecule has 1 aromatic carbocycles. The molecule has 0 bridgehead atoms. The van der Waals surface area contributed by atoms with E-state index in [2.05, 4.69) is 31.3 Å². The van der Waals surface area contributed by atoms with E-state index in [0.717, 1.165) is 42.8 Å². The van der Waals surface area contributed by atoms with Gasteiger partial charge in [0.15, 0.2) is 5.58 Å². The number of ether oxygens (including phenoxy) is 1. The van der Waals surface area contributed by atoms with E-state index in [-0.39, 0.29) is 0 Å². The lowest BCUT2D eigenvalue weighted by Gasteiger charge is -2.22. The second-order valence-corrected chi connectivity index (χ2v) is 7.20. The van der Waals surface area contributed by atoms with Crippen LogP contribution in [0.15, 0.2) is 47.3 Å². The fraction of sp³-hybridized carbons (Fsp3) is 0.286. The number of methoxy groups -OCH3 is 1. The van der Waals surface area contributed by atoms with E-state index >= 15 is 0 Å². The van der Waals surface area contributed by atoms with Crippen LogP contribution in [-0.2, 0) is 0 Å². The Bertz CT molecular complexity index is 1160. The van der Waals surface area contributed by atoms with Gasteiger partial charge in [-0.05, 0) is 44.1 Å². The van der Waals surface area contributed by atoms with Crippen molar-refractivity contribution in [3.63, 3.8) is 0 Å². The second-order valence-electron chi connectivity index (χ2n) is 7.20. The highest BCUT2D eigenvalue weighted by atomic mass is 16.5. The Hall–Kier alpha value is -3.39. The van der Waals surface area contributed by atoms with Gasteiger partial charge in [0.25, 0.3) is 0 Å². The van der Waals surface area contributed by atoms with E-state index < -0.39 is 0 Å². The van der Waals surface area contributed by atoms with Crippen LogP contribution in [0.3, 0.4) is 0 Å². The summed E-state index contributed by atoms with van der Waals surface area (Å²) in [5.74, 6) is 1.53. The van der Waals surface area contributed by atoms with Crippen molar-refractivity contribution in [2.24, 2.45) is 0 Å². The second kappa shape index (κ2) is 7.21. The predicted molar refractivity (Wildman–Crippen MR) is 111 cm³/mol. The van der Waals surface area contributed by atoms with E-state index in [1.165, 1.54) is 0 Å². The molecule has 8 heteroatoms. The lowest BCUT2D eigenvalue weighted by molar-refractivity contribution is 0.343. The molecule has 29 heavy (non-hydrogen) atoms. The Labute approximate surface area is 167 Å². The zero-order valence-electron chi connectivity index (χ0n) is 16.1. The average Bonchev–Trinajstić information content (AvgIpc) is 3.41. The van der Waals surface area contributed by atoms with Gasteiger partial charge in [-0.15, -0.1) is 0 Å². The maximum absolute atomic E-state index is 6.14. The summed E-state index contributed by atoms with van der Waals surface area (Å²) in [7, 11) is 1.62. The van der Waals surface area contributed by atoms with E-state index in [1.54, 1.807) is 13.3 Å². The SMILES string of the molecule is COc1ccc2oc(-c3cc(-c4cnn(C5CCNCC5)c4)cnc3N)nc2c1.